The minimum atomic E-state index is -0.395. The van der Waals surface area contributed by atoms with Crippen LogP contribution in [-0.4, -0.2) is 26.3 Å². The van der Waals surface area contributed by atoms with Crippen molar-refractivity contribution < 1.29 is 18.7 Å². The van der Waals surface area contributed by atoms with Crippen LogP contribution >= 0.6 is 11.6 Å². The first kappa shape index (κ1) is 18.5. The number of hydrazone groups is 1. The van der Waals surface area contributed by atoms with E-state index in [1.807, 2.05) is 18.2 Å². The number of nitrogens with zero attached hydrogens (tertiary/aromatic N) is 1. The van der Waals surface area contributed by atoms with Crippen LogP contribution in [0, 0.1) is 0 Å². The van der Waals surface area contributed by atoms with Crippen LogP contribution < -0.4 is 14.9 Å². The molecule has 7 heteroatoms. The van der Waals surface area contributed by atoms with E-state index in [2.05, 4.69) is 10.5 Å². The summed E-state index contributed by atoms with van der Waals surface area (Å²) < 4.78 is 16.0. The molecule has 6 nitrogen and oxygen atoms in total. The van der Waals surface area contributed by atoms with Crippen LogP contribution in [0.5, 0.6) is 11.5 Å². The molecule has 0 unspecified atom stereocenters. The lowest BCUT2D eigenvalue weighted by molar-refractivity contribution is 0.0954. The topological polar surface area (TPSA) is 73.1 Å². The Morgan fingerprint density at radius 3 is 2.33 bits per heavy atom. The molecule has 0 aliphatic carbocycles. The van der Waals surface area contributed by atoms with Gasteiger partial charge in [-0.25, -0.2) is 5.43 Å². The third-order valence-electron chi connectivity index (χ3n) is 3.73. The molecule has 0 atom stereocenters. The Kier molecular flexibility index (Phi) is 5.78. The minimum Gasteiger partial charge on any atom is -0.497 e. The highest BCUT2D eigenvalue weighted by Crippen LogP contribution is 2.24. The number of rotatable bonds is 6. The van der Waals surface area contributed by atoms with E-state index in [1.54, 1.807) is 36.4 Å². The molecule has 138 valence electrons. The van der Waals surface area contributed by atoms with Crippen molar-refractivity contribution >= 4 is 23.7 Å². The van der Waals surface area contributed by atoms with Crippen molar-refractivity contribution in [2.45, 2.75) is 0 Å². The van der Waals surface area contributed by atoms with Crippen LogP contribution in [0.4, 0.5) is 0 Å². The number of carbonyl (C=O) groups excluding carboxylic acids is 1. The molecule has 1 aromatic heterocycles. The molecule has 0 bridgehead atoms. The maximum Gasteiger partial charge on any atom is 0.271 e. The summed E-state index contributed by atoms with van der Waals surface area (Å²) >= 11 is 5.88. The van der Waals surface area contributed by atoms with E-state index in [4.69, 9.17) is 25.5 Å². The Morgan fingerprint density at radius 1 is 1.04 bits per heavy atom. The fourth-order valence-corrected chi connectivity index (χ4v) is 2.48. The average molecular weight is 385 g/mol. The van der Waals surface area contributed by atoms with Gasteiger partial charge in [0.2, 0.25) is 0 Å². The van der Waals surface area contributed by atoms with Crippen LogP contribution in [0.15, 0.2) is 64.1 Å². The fourth-order valence-electron chi connectivity index (χ4n) is 2.35. The average Bonchev–Trinajstić information content (AvgIpc) is 3.16. The molecule has 27 heavy (non-hydrogen) atoms. The number of furan rings is 1. The highest BCUT2D eigenvalue weighted by atomic mass is 35.5. The van der Waals surface area contributed by atoms with Gasteiger partial charge in [-0.1, -0.05) is 11.6 Å². The van der Waals surface area contributed by atoms with Gasteiger partial charge in [-0.2, -0.15) is 5.10 Å². The number of hydrogen-bond acceptors (Lipinski definition) is 5. The third-order valence-corrected chi connectivity index (χ3v) is 3.98. The number of nitrogens with one attached hydrogen (secondary N) is 1. The summed E-state index contributed by atoms with van der Waals surface area (Å²) in [7, 11) is 3.04. The Morgan fingerprint density at radius 2 is 1.70 bits per heavy atom. The highest BCUT2D eigenvalue weighted by Gasteiger charge is 2.09. The number of ether oxygens (including phenoxy) is 2. The SMILES string of the molecule is COc1cc(OC)cc(C(=O)N/N=C\c2ccc(-c3ccc(Cl)cc3)o2)c1. The fraction of sp³-hybridized carbons (Fsp3) is 0.100. The molecule has 0 radical (unpaired) electrons. The molecule has 3 rings (SSSR count). The van der Waals surface area contributed by atoms with Crippen LogP contribution in [0.25, 0.3) is 11.3 Å². The normalized spacial score (nSPS) is 10.8. The van der Waals surface area contributed by atoms with E-state index in [1.165, 1.54) is 20.4 Å². The quantitative estimate of drug-likeness (QED) is 0.505. The van der Waals surface area contributed by atoms with Gasteiger partial charge in [0.25, 0.3) is 5.91 Å². The number of halogens is 1. The maximum atomic E-state index is 12.3. The molecular weight excluding hydrogens is 368 g/mol. The van der Waals surface area contributed by atoms with Crippen molar-refractivity contribution in [2.24, 2.45) is 5.10 Å². The maximum absolute atomic E-state index is 12.3. The van der Waals surface area contributed by atoms with Gasteiger partial charge >= 0.3 is 0 Å². The van der Waals surface area contributed by atoms with Crippen molar-refractivity contribution in [1.82, 2.24) is 5.43 Å². The van der Waals surface area contributed by atoms with Gasteiger partial charge in [-0.15, -0.1) is 0 Å². The zero-order valence-corrected chi connectivity index (χ0v) is 15.5. The zero-order chi connectivity index (χ0) is 19.2. The van der Waals surface area contributed by atoms with Crippen molar-refractivity contribution in [3.05, 3.63) is 70.9 Å². The predicted octanol–water partition coefficient (Wildman–Crippen LogP) is 4.38. The van der Waals surface area contributed by atoms with Gasteiger partial charge in [0.1, 0.15) is 23.0 Å². The molecule has 0 saturated carbocycles. The van der Waals surface area contributed by atoms with Gasteiger partial charge in [-0.05, 0) is 48.5 Å². The Balaban J connectivity index is 1.67. The highest BCUT2D eigenvalue weighted by molar-refractivity contribution is 6.30. The van der Waals surface area contributed by atoms with Crippen LogP contribution in [0.1, 0.15) is 16.1 Å². The van der Waals surface area contributed by atoms with E-state index >= 15 is 0 Å². The summed E-state index contributed by atoms with van der Waals surface area (Å²) in [5, 5.41) is 4.59. The molecule has 0 spiro atoms. The molecule has 0 aliphatic heterocycles. The van der Waals surface area contributed by atoms with Crippen LogP contribution in [0.3, 0.4) is 0 Å². The van der Waals surface area contributed by atoms with Gasteiger partial charge in [-0.3, -0.25) is 4.79 Å². The number of amides is 1. The molecular formula is C20H17ClN2O4. The molecule has 0 aliphatic rings. The molecule has 0 fully saturated rings. The summed E-state index contributed by atoms with van der Waals surface area (Å²) in [6.07, 6.45) is 1.43. The van der Waals surface area contributed by atoms with Gasteiger partial charge in [0.15, 0.2) is 0 Å². The summed E-state index contributed by atoms with van der Waals surface area (Å²) in [6, 6.07) is 15.7. The van der Waals surface area contributed by atoms with Gasteiger partial charge in [0.05, 0.1) is 20.4 Å². The molecule has 0 saturated heterocycles. The lowest BCUT2D eigenvalue weighted by Gasteiger charge is -2.07. The second-order valence-corrected chi connectivity index (χ2v) is 5.95. The lowest BCUT2D eigenvalue weighted by atomic mass is 10.2. The summed E-state index contributed by atoms with van der Waals surface area (Å²) in [6.45, 7) is 0. The number of benzene rings is 2. The van der Waals surface area contributed by atoms with E-state index in [-0.39, 0.29) is 0 Å². The molecule has 2 aromatic carbocycles. The summed E-state index contributed by atoms with van der Waals surface area (Å²) in [5.74, 6) is 1.82. The van der Waals surface area contributed by atoms with E-state index in [0.717, 1.165) is 5.56 Å². The number of methoxy groups -OCH3 is 2. The van der Waals surface area contributed by atoms with E-state index in [0.29, 0.717) is 33.6 Å². The second-order valence-electron chi connectivity index (χ2n) is 5.51. The first-order valence-electron chi connectivity index (χ1n) is 8.01. The minimum absolute atomic E-state index is 0.365. The van der Waals surface area contributed by atoms with Crippen LogP contribution in [0.2, 0.25) is 5.02 Å². The van der Waals surface area contributed by atoms with Gasteiger partial charge in [0, 0.05) is 22.2 Å². The molecule has 1 amide bonds. The standard InChI is InChI=1S/C20H17ClN2O4/c1-25-17-9-14(10-18(11-17)26-2)20(24)23-22-12-16-7-8-19(27-16)13-3-5-15(21)6-4-13/h3-12H,1-2H3,(H,23,24)/b22-12-. The predicted molar refractivity (Wildman–Crippen MR) is 104 cm³/mol. The lowest BCUT2D eigenvalue weighted by Crippen LogP contribution is -2.17. The van der Waals surface area contributed by atoms with Crippen molar-refractivity contribution in [3.8, 4) is 22.8 Å². The molecule has 3 aromatic rings. The third kappa shape index (κ3) is 4.68. The zero-order valence-electron chi connectivity index (χ0n) is 14.7. The smallest absolute Gasteiger partial charge is 0.271 e. The number of hydrogen-bond donors (Lipinski definition) is 1. The Hall–Kier alpha value is -3.25. The Labute approximate surface area is 161 Å². The van der Waals surface area contributed by atoms with Gasteiger partial charge < -0.3 is 13.9 Å². The molecule has 1 heterocycles. The summed E-state index contributed by atoms with van der Waals surface area (Å²) in [4.78, 5) is 12.3. The largest absolute Gasteiger partial charge is 0.497 e. The second kappa shape index (κ2) is 8.42. The molecule has 1 N–H and O–H groups in total. The van der Waals surface area contributed by atoms with Crippen molar-refractivity contribution in [3.63, 3.8) is 0 Å². The van der Waals surface area contributed by atoms with Crippen LogP contribution in [-0.2, 0) is 0 Å². The summed E-state index contributed by atoms with van der Waals surface area (Å²) in [5.41, 5.74) is 3.71. The van der Waals surface area contributed by atoms with Crippen molar-refractivity contribution in [2.75, 3.05) is 14.2 Å². The van der Waals surface area contributed by atoms with E-state index in [9.17, 15) is 4.79 Å². The van der Waals surface area contributed by atoms with Crippen molar-refractivity contribution in [1.29, 1.82) is 0 Å². The monoisotopic (exact) mass is 384 g/mol. The first-order chi connectivity index (χ1) is 13.1. The first-order valence-corrected chi connectivity index (χ1v) is 8.39. The van der Waals surface area contributed by atoms with E-state index < -0.39 is 5.91 Å². The number of carbonyl (C=O) groups is 1. The Bertz CT molecular complexity index is 942.